The number of hydrogen-bond acceptors (Lipinski definition) is 5. The van der Waals surface area contributed by atoms with Crippen LogP contribution in [0.1, 0.15) is 31.9 Å². The number of amides is 2. The van der Waals surface area contributed by atoms with Gasteiger partial charge in [0, 0.05) is 17.1 Å². The number of anilines is 1. The second-order valence-electron chi connectivity index (χ2n) is 9.48. The van der Waals surface area contributed by atoms with Gasteiger partial charge in [-0.05, 0) is 69.7 Å². The monoisotopic (exact) mass is 615 g/mol. The van der Waals surface area contributed by atoms with Crippen molar-refractivity contribution in [1.29, 1.82) is 0 Å². The molecule has 0 spiro atoms. The lowest BCUT2D eigenvalue weighted by Crippen LogP contribution is -2.52. The number of nitrogens with one attached hydrogen (secondary N) is 1. The molecule has 8 nitrogen and oxygen atoms in total. The Labute approximate surface area is 239 Å². The second-order valence-corrected chi connectivity index (χ2v) is 12.3. The van der Waals surface area contributed by atoms with E-state index in [9.17, 15) is 18.0 Å². The maximum Gasteiger partial charge on any atom is 0.264 e. The molecular weight excluding hydrogens is 582 g/mol. The van der Waals surface area contributed by atoms with Gasteiger partial charge in [-0.1, -0.05) is 57.9 Å². The van der Waals surface area contributed by atoms with Gasteiger partial charge in [0.2, 0.25) is 11.8 Å². The molecule has 1 atom stereocenters. The Hall–Kier alpha value is -3.37. The first kappa shape index (κ1) is 30.2. The molecule has 2 amide bonds. The normalized spacial score (nSPS) is 12.1. The van der Waals surface area contributed by atoms with E-state index >= 15 is 0 Å². The van der Waals surface area contributed by atoms with Crippen LogP contribution in [0.5, 0.6) is 5.75 Å². The van der Waals surface area contributed by atoms with E-state index in [0.717, 1.165) is 19.9 Å². The molecule has 10 heteroatoms. The highest BCUT2D eigenvalue weighted by atomic mass is 79.9. The molecule has 0 radical (unpaired) electrons. The number of benzene rings is 3. The lowest BCUT2D eigenvalue weighted by atomic mass is 10.1. The predicted octanol–water partition coefficient (Wildman–Crippen LogP) is 4.90. The topological polar surface area (TPSA) is 96.0 Å². The highest BCUT2D eigenvalue weighted by Gasteiger charge is 2.33. The van der Waals surface area contributed by atoms with E-state index in [2.05, 4.69) is 21.2 Å². The van der Waals surface area contributed by atoms with Crippen LogP contribution in [0.25, 0.3) is 0 Å². The van der Waals surface area contributed by atoms with Crippen LogP contribution >= 0.6 is 15.9 Å². The summed E-state index contributed by atoms with van der Waals surface area (Å²) in [6.45, 7) is 6.75. The fraction of sp³-hybridized carbons (Fsp3) is 0.310. The molecule has 0 fully saturated rings. The quantitative estimate of drug-likeness (QED) is 0.331. The van der Waals surface area contributed by atoms with Gasteiger partial charge < -0.3 is 15.0 Å². The molecule has 0 bridgehead atoms. The smallest absolute Gasteiger partial charge is 0.264 e. The van der Waals surface area contributed by atoms with Gasteiger partial charge in [0.1, 0.15) is 18.3 Å². The molecule has 3 rings (SSSR count). The molecule has 0 aliphatic rings. The Morgan fingerprint density at radius 2 is 1.56 bits per heavy atom. The summed E-state index contributed by atoms with van der Waals surface area (Å²) in [6.07, 6.45) is 0. The number of ether oxygens (including phenoxy) is 1. The van der Waals surface area contributed by atoms with Crippen molar-refractivity contribution < 1.29 is 22.7 Å². The maximum absolute atomic E-state index is 14.0. The van der Waals surface area contributed by atoms with E-state index in [1.165, 1.54) is 24.1 Å². The summed E-state index contributed by atoms with van der Waals surface area (Å²) in [5.41, 5.74) is 1.91. The number of hydrogen-bond donors (Lipinski definition) is 1. The number of para-hydroxylation sites is 2. The van der Waals surface area contributed by atoms with Crippen molar-refractivity contribution >= 4 is 43.5 Å². The minimum atomic E-state index is -4.18. The standard InChI is InChI=1S/C29H34BrN3O5S/c1-20(2)31-29(35)22(4)32(18-23-12-14-24(30)15-13-23)28(34)19-33(26-8-6-7-9-27(26)38-5)39(36,37)25-16-10-21(3)11-17-25/h6-17,20,22H,18-19H2,1-5H3,(H,31,35)/t22-/m1/s1. The Bertz CT molecular complexity index is 1390. The molecule has 39 heavy (non-hydrogen) atoms. The number of carbonyl (C=O) groups is 2. The third-order valence-corrected chi connectivity index (χ3v) is 8.41. The number of sulfonamides is 1. The largest absolute Gasteiger partial charge is 0.495 e. The van der Waals surface area contributed by atoms with Crippen molar-refractivity contribution in [2.75, 3.05) is 18.0 Å². The number of rotatable bonds is 11. The minimum Gasteiger partial charge on any atom is -0.495 e. The van der Waals surface area contributed by atoms with Gasteiger partial charge in [-0.2, -0.15) is 0 Å². The van der Waals surface area contributed by atoms with Gasteiger partial charge in [-0.15, -0.1) is 0 Å². The molecule has 0 unspecified atom stereocenters. The zero-order valence-corrected chi connectivity index (χ0v) is 25.1. The first-order chi connectivity index (χ1) is 18.4. The number of aryl methyl sites for hydroxylation is 1. The van der Waals surface area contributed by atoms with Crippen LogP contribution in [0, 0.1) is 6.92 Å². The highest BCUT2D eigenvalue weighted by molar-refractivity contribution is 9.10. The van der Waals surface area contributed by atoms with E-state index < -0.39 is 28.5 Å². The average Bonchev–Trinajstić information content (AvgIpc) is 2.90. The lowest BCUT2D eigenvalue weighted by Gasteiger charge is -2.32. The molecule has 3 aromatic rings. The van der Waals surface area contributed by atoms with Gasteiger partial charge >= 0.3 is 0 Å². The van der Waals surface area contributed by atoms with E-state index in [4.69, 9.17) is 4.74 Å². The highest BCUT2D eigenvalue weighted by Crippen LogP contribution is 2.32. The van der Waals surface area contributed by atoms with Crippen LogP contribution in [0.3, 0.4) is 0 Å². The number of nitrogens with zero attached hydrogens (tertiary/aromatic N) is 2. The van der Waals surface area contributed by atoms with Crippen LogP contribution in [0.15, 0.2) is 82.2 Å². The Kier molecular flexibility index (Phi) is 10.2. The van der Waals surface area contributed by atoms with Gasteiger partial charge in [-0.25, -0.2) is 8.42 Å². The van der Waals surface area contributed by atoms with Gasteiger partial charge in [0.05, 0.1) is 17.7 Å². The first-order valence-corrected chi connectivity index (χ1v) is 14.7. The number of methoxy groups -OCH3 is 1. The zero-order valence-electron chi connectivity index (χ0n) is 22.7. The molecule has 0 heterocycles. The van der Waals surface area contributed by atoms with Crippen LogP contribution in [-0.2, 0) is 26.2 Å². The summed E-state index contributed by atoms with van der Waals surface area (Å²) in [5.74, 6) is -0.572. The lowest BCUT2D eigenvalue weighted by molar-refractivity contribution is -0.139. The molecule has 0 aliphatic carbocycles. The molecule has 3 aromatic carbocycles. The minimum absolute atomic E-state index is 0.0388. The SMILES string of the molecule is COc1ccccc1N(CC(=O)N(Cc1ccc(Br)cc1)[C@H](C)C(=O)NC(C)C)S(=O)(=O)c1ccc(C)cc1. The van der Waals surface area contributed by atoms with Crippen LogP contribution in [0.2, 0.25) is 0 Å². The Morgan fingerprint density at radius 3 is 2.15 bits per heavy atom. The Balaban J connectivity index is 2.06. The van der Waals surface area contributed by atoms with Crippen LogP contribution in [-0.4, -0.2) is 50.9 Å². The van der Waals surface area contributed by atoms with Crippen LogP contribution < -0.4 is 14.4 Å². The van der Waals surface area contributed by atoms with Crippen molar-refractivity contribution in [2.24, 2.45) is 0 Å². The van der Waals surface area contributed by atoms with Crippen molar-refractivity contribution in [2.45, 2.75) is 51.2 Å². The summed E-state index contributed by atoms with van der Waals surface area (Å²) < 4.78 is 35.2. The van der Waals surface area contributed by atoms with E-state index in [1.54, 1.807) is 43.3 Å². The molecular formula is C29H34BrN3O5S. The molecule has 0 saturated carbocycles. The molecule has 208 valence electrons. The number of halogens is 1. The van der Waals surface area contributed by atoms with Crippen molar-refractivity contribution in [3.8, 4) is 5.75 Å². The summed E-state index contributed by atoms with van der Waals surface area (Å²) in [5, 5.41) is 2.85. The third-order valence-electron chi connectivity index (χ3n) is 6.11. The maximum atomic E-state index is 14.0. The molecule has 1 N–H and O–H groups in total. The van der Waals surface area contributed by atoms with Crippen molar-refractivity contribution in [3.63, 3.8) is 0 Å². The summed E-state index contributed by atoms with van der Waals surface area (Å²) in [6, 6.07) is 19.4. The molecule has 0 aliphatic heterocycles. The fourth-order valence-corrected chi connectivity index (χ4v) is 5.65. The van der Waals surface area contributed by atoms with E-state index in [1.807, 2.05) is 45.0 Å². The summed E-state index contributed by atoms with van der Waals surface area (Å²) in [4.78, 5) is 28.4. The van der Waals surface area contributed by atoms with E-state index in [0.29, 0.717) is 5.75 Å². The van der Waals surface area contributed by atoms with Crippen molar-refractivity contribution in [1.82, 2.24) is 10.2 Å². The second kappa shape index (κ2) is 13.1. The predicted molar refractivity (Wildman–Crippen MR) is 156 cm³/mol. The van der Waals surface area contributed by atoms with Crippen molar-refractivity contribution in [3.05, 3.63) is 88.4 Å². The van der Waals surface area contributed by atoms with Crippen LogP contribution in [0.4, 0.5) is 5.69 Å². The first-order valence-electron chi connectivity index (χ1n) is 12.5. The zero-order chi connectivity index (χ0) is 28.7. The molecule has 0 aromatic heterocycles. The Morgan fingerprint density at radius 1 is 0.949 bits per heavy atom. The molecule has 0 saturated heterocycles. The average molecular weight is 617 g/mol. The van der Waals surface area contributed by atoms with E-state index in [-0.39, 0.29) is 29.1 Å². The fourth-order valence-electron chi connectivity index (χ4n) is 3.96. The summed E-state index contributed by atoms with van der Waals surface area (Å²) in [7, 11) is -2.74. The summed E-state index contributed by atoms with van der Waals surface area (Å²) >= 11 is 3.41. The number of carbonyl (C=O) groups excluding carboxylic acids is 2. The van der Waals surface area contributed by atoms with Gasteiger partial charge in [-0.3, -0.25) is 13.9 Å². The van der Waals surface area contributed by atoms with Gasteiger partial charge in [0.25, 0.3) is 10.0 Å². The third kappa shape index (κ3) is 7.60. The van der Waals surface area contributed by atoms with Gasteiger partial charge in [0.15, 0.2) is 0 Å².